The van der Waals surface area contributed by atoms with Crippen molar-refractivity contribution in [3.8, 4) is 0 Å². The largest absolute Gasteiger partial charge is 0.481 e. The number of carboxylic acid groups (broad SMARTS) is 2. The van der Waals surface area contributed by atoms with Gasteiger partial charge in [0.2, 0.25) is 0 Å². The van der Waals surface area contributed by atoms with Gasteiger partial charge in [-0.25, -0.2) is 0 Å². The molecule has 0 saturated heterocycles. The van der Waals surface area contributed by atoms with Crippen LogP contribution in [0.3, 0.4) is 0 Å². The van der Waals surface area contributed by atoms with Gasteiger partial charge in [-0.05, 0) is 13.3 Å². The van der Waals surface area contributed by atoms with Crippen molar-refractivity contribution in [2.24, 2.45) is 0 Å². The Morgan fingerprint density at radius 3 is 1.75 bits per heavy atom. The number of aliphatic hydroxyl groups is 2. The van der Waals surface area contributed by atoms with E-state index in [1.807, 2.05) is 0 Å². The van der Waals surface area contributed by atoms with Crippen LogP contribution in [0.4, 0.5) is 0 Å². The molecule has 0 spiro atoms. The summed E-state index contributed by atoms with van der Waals surface area (Å²) >= 11 is 0. The highest BCUT2D eigenvalue weighted by Crippen LogP contribution is 2.08. The van der Waals surface area contributed by atoms with Gasteiger partial charge in [-0.15, -0.1) is 0 Å². The summed E-state index contributed by atoms with van der Waals surface area (Å²) in [6.07, 6.45) is 4.63. The molecule has 0 aromatic rings. The van der Waals surface area contributed by atoms with Crippen molar-refractivity contribution in [1.29, 1.82) is 0 Å². The fourth-order valence-corrected chi connectivity index (χ4v) is 1.54. The molecular weight excluding hydrogens is 264 g/mol. The number of aliphatic hydroxyl groups excluding tert-OH is 2. The van der Waals surface area contributed by atoms with E-state index in [0.29, 0.717) is 6.42 Å². The molecule has 120 valence electrons. The van der Waals surface area contributed by atoms with Crippen LogP contribution in [0, 0.1) is 0 Å². The van der Waals surface area contributed by atoms with Gasteiger partial charge in [-0.2, -0.15) is 0 Å². The maximum absolute atomic E-state index is 10.2. The number of rotatable bonds is 10. The van der Waals surface area contributed by atoms with Gasteiger partial charge in [-0.1, -0.05) is 39.0 Å². The quantitative estimate of drug-likeness (QED) is 0.458. The third kappa shape index (κ3) is 22.1. The van der Waals surface area contributed by atoms with Crippen LogP contribution in [0.1, 0.15) is 65.2 Å². The third-order valence-corrected chi connectivity index (χ3v) is 2.52. The molecule has 0 rings (SSSR count). The van der Waals surface area contributed by atoms with Crippen molar-refractivity contribution in [2.45, 2.75) is 77.4 Å². The predicted molar refractivity (Wildman–Crippen MR) is 75.6 cm³/mol. The van der Waals surface area contributed by atoms with E-state index < -0.39 is 24.1 Å². The average Bonchev–Trinajstić information content (AvgIpc) is 2.26. The lowest BCUT2D eigenvalue weighted by atomic mass is 10.1. The lowest BCUT2D eigenvalue weighted by Crippen LogP contribution is -2.12. The molecule has 0 fully saturated rings. The third-order valence-electron chi connectivity index (χ3n) is 2.52. The SMILES string of the molecule is CC(O)CC(=O)O.CCCCCCCC(O)CC(=O)O. The summed E-state index contributed by atoms with van der Waals surface area (Å²) in [5.74, 6) is -1.88. The molecule has 2 unspecified atom stereocenters. The Kier molecular flexibility index (Phi) is 15.1. The molecule has 0 bridgehead atoms. The van der Waals surface area contributed by atoms with Crippen molar-refractivity contribution in [3.63, 3.8) is 0 Å². The number of carbonyl (C=O) groups is 2. The van der Waals surface area contributed by atoms with Crippen LogP contribution < -0.4 is 0 Å². The van der Waals surface area contributed by atoms with E-state index in [9.17, 15) is 14.7 Å². The van der Waals surface area contributed by atoms with E-state index >= 15 is 0 Å². The van der Waals surface area contributed by atoms with E-state index in [4.69, 9.17) is 15.3 Å². The lowest BCUT2D eigenvalue weighted by molar-refractivity contribution is -0.140. The van der Waals surface area contributed by atoms with E-state index in [-0.39, 0.29) is 12.8 Å². The molecule has 6 heteroatoms. The topological polar surface area (TPSA) is 115 Å². The lowest BCUT2D eigenvalue weighted by Gasteiger charge is -2.06. The minimum absolute atomic E-state index is 0.117. The summed E-state index contributed by atoms with van der Waals surface area (Å²) in [5, 5.41) is 33.8. The summed E-state index contributed by atoms with van der Waals surface area (Å²) in [5.41, 5.74) is 0. The highest BCUT2D eigenvalue weighted by molar-refractivity contribution is 5.67. The Balaban J connectivity index is 0. The minimum atomic E-state index is -0.963. The Hall–Kier alpha value is -1.14. The van der Waals surface area contributed by atoms with Gasteiger partial charge in [0.05, 0.1) is 25.0 Å². The highest BCUT2D eigenvalue weighted by atomic mass is 16.4. The van der Waals surface area contributed by atoms with Gasteiger partial charge in [-0.3, -0.25) is 9.59 Å². The summed E-state index contributed by atoms with van der Waals surface area (Å²) in [4.78, 5) is 19.8. The first kappa shape index (κ1) is 21.2. The maximum Gasteiger partial charge on any atom is 0.305 e. The summed E-state index contributed by atoms with van der Waals surface area (Å²) in [6.45, 7) is 3.59. The Bertz CT molecular complexity index is 252. The average molecular weight is 292 g/mol. The smallest absolute Gasteiger partial charge is 0.305 e. The fraction of sp³-hybridized carbons (Fsp3) is 0.857. The zero-order valence-electron chi connectivity index (χ0n) is 12.4. The molecule has 0 aliphatic carbocycles. The van der Waals surface area contributed by atoms with Crippen LogP contribution in [-0.2, 0) is 9.59 Å². The van der Waals surface area contributed by atoms with Crippen molar-refractivity contribution < 1.29 is 30.0 Å². The Morgan fingerprint density at radius 1 is 0.900 bits per heavy atom. The summed E-state index contributed by atoms with van der Waals surface area (Å²) < 4.78 is 0. The molecule has 0 aliphatic rings. The number of aliphatic carboxylic acids is 2. The van der Waals surface area contributed by atoms with E-state index in [1.165, 1.54) is 26.2 Å². The number of carboxylic acids is 2. The molecule has 0 aliphatic heterocycles. The molecule has 0 saturated carbocycles. The molecule has 0 aromatic heterocycles. The molecular formula is C14H28O6. The van der Waals surface area contributed by atoms with Gasteiger partial charge >= 0.3 is 11.9 Å². The van der Waals surface area contributed by atoms with Crippen molar-refractivity contribution >= 4 is 11.9 Å². The molecule has 6 nitrogen and oxygen atoms in total. The number of hydrogen-bond acceptors (Lipinski definition) is 4. The summed E-state index contributed by atoms with van der Waals surface area (Å²) in [7, 11) is 0. The number of unbranched alkanes of at least 4 members (excludes halogenated alkanes) is 4. The Morgan fingerprint density at radius 2 is 1.40 bits per heavy atom. The van der Waals surface area contributed by atoms with E-state index in [1.54, 1.807) is 0 Å². The van der Waals surface area contributed by atoms with Gasteiger partial charge in [0.15, 0.2) is 0 Å². The van der Waals surface area contributed by atoms with E-state index in [0.717, 1.165) is 12.8 Å². The molecule has 4 N–H and O–H groups in total. The zero-order chi connectivity index (χ0) is 16.0. The van der Waals surface area contributed by atoms with Crippen molar-refractivity contribution in [2.75, 3.05) is 0 Å². The van der Waals surface area contributed by atoms with E-state index in [2.05, 4.69) is 6.92 Å². The second-order valence-corrected chi connectivity index (χ2v) is 4.90. The second-order valence-electron chi connectivity index (χ2n) is 4.90. The molecule has 0 amide bonds. The second kappa shape index (κ2) is 14.3. The standard InChI is InChI=1S/C10H20O3.C4H8O3/c1-2-3-4-5-6-7-9(11)8-10(12)13;1-3(5)2-4(6)7/h9,11H,2-8H2,1H3,(H,12,13);3,5H,2H2,1H3,(H,6,7). The van der Waals surface area contributed by atoms with Crippen LogP contribution in [-0.4, -0.2) is 44.6 Å². The minimum Gasteiger partial charge on any atom is -0.481 e. The fourth-order valence-electron chi connectivity index (χ4n) is 1.54. The molecule has 0 heterocycles. The molecule has 0 radical (unpaired) electrons. The van der Waals surface area contributed by atoms with Crippen LogP contribution >= 0.6 is 0 Å². The van der Waals surface area contributed by atoms with Gasteiger partial charge in [0.25, 0.3) is 0 Å². The number of hydrogen-bond donors (Lipinski definition) is 4. The predicted octanol–water partition coefficient (Wildman–Crippen LogP) is 2.02. The zero-order valence-corrected chi connectivity index (χ0v) is 12.4. The molecule has 20 heavy (non-hydrogen) atoms. The van der Waals surface area contributed by atoms with Gasteiger partial charge in [0.1, 0.15) is 0 Å². The summed E-state index contributed by atoms with van der Waals surface area (Å²) in [6, 6.07) is 0. The normalized spacial score (nSPS) is 13.0. The van der Waals surface area contributed by atoms with Crippen molar-refractivity contribution in [3.05, 3.63) is 0 Å². The van der Waals surface area contributed by atoms with Gasteiger partial charge in [0, 0.05) is 0 Å². The first-order valence-corrected chi connectivity index (χ1v) is 7.09. The van der Waals surface area contributed by atoms with Gasteiger partial charge < -0.3 is 20.4 Å². The molecule has 2 atom stereocenters. The molecule has 0 aromatic carbocycles. The van der Waals surface area contributed by atoms with Crippen LogP contribution in [0.15, 0.2) is 0 Å². The van der Waals surface area contributed by atoms with Crippen molar-refractivity contribution in [1.82, 2.24) is 0 Å². The first-order valence-electron chi connectivity index (χ1n) is 7.09. The maximum atomic E-state index is 10.2. The first-order chi connectivity index (χ1) is 9.29. The van der Waals surface area contributed by atoms with Crippen LogP contribution in [0.25, 0.3) is 0 Å². The van der Waals surface area contributed by atoms with Crippen LogP contribution in [0.2, 0.25) is 0 Å². The Labute approximate surface area is 120 Å². The monoisotopic (exact) mass is 292 g/mol. The highest BCUT2D eigenvalue weighted by Gasteiger charge is 2.08. The van der Waals surface area contributed by atoms with Crippen LogP contribution in [0.5, 0.6) is 0 Å².